The molecular weight excluding hydrogens is 550 g/mol. The van der Waals surface area contributed by atoms with Crippen LogP contribution in [-0.4, -0.2) is 11.7 Å². The summed E-state index contributed by atoms with van der Waals surface area (Å²) >= 11 is 0. The number of fused-ring (bicyclic) bond motifs is 7. The molecular formula is C42H55NO2. The van der Waals surface area contributed by atoms with Gasteiger partial charge in [0.05, 0.1) is 5.41 Å². The summed E-state index contributed by atoms with van der Waals surface area (Å²) in [5.41, 5.74) is 4.93. The van der Waals surface area contributed by atoms with Crippen LogP contribution in [0.1, 0.15) is 113 Å². The zero-order valence-electron chi connectivity index (χ0n) is 28.9. The minimum absolute atomic E-state index is 0.0781. The van der Waals surface area contributed by atoms with E-state index in [1.54, 1.807) is 5.57 Å². The molecule has 0 bridgehead atoms. The zero-order chi connectivity index (χ0) is 32.0. The van der Waals surface area contributed by atoms with Crippen molar-refractivity contribution in [3.8, 4) is 11.1 Å². The molecule has 3 nitrogen and oxygen atoms in total. The largest absolute Gasteiger partial charge is 0.326 e. The van der Waals surface area contributed by atoms with Crippen LogP contribution in [0.25, 0.3) is 11.1 Å². The Balaban J connectivity index is 1.22. The molecule has 5 aliphatic rings. The van der Waals surface area contributed by atoms with E-state index in [0.29, 0.717) is 17.6 Å². The lowest BCUT2D eigenvalue weighted by Gasteiger charge is -2.70. The molecule has 3 heteroatoms. The van der Waals surface area contributed by atoms with Gasteiger partial charge in [-0.2, -0.15) is 0 Å². The van der Waals surface area contributed by atoms with Gasteiger partial charge in [-0.1, -0.05) is 103 Å². The quantitative estimate of drug-likeness (QED) is 0.354. The fourth-order valence-electron chi connectivity index (χ4n) is 12.1. The van der Waals surface area contributed by atoms with E-state index in [9.17, 15) is 9.59 Å². The summed E-state index contributed by atoms with van der Waals surface area (Å²) in [6.07, 6.45) is 13.0. The lowest BCUT2D eigenvalue weighted by Crippen LogP contribution is -2.65. The first-order valence-electron chi connectivity index (χ1n) is 17.9. The highest BCUT2D eigenvalue weighted by molar-refractivity contribution is 5.96. The summed E-state index contributed by atoms with van der Waals surface area (Å²) in [6.45, 7) is 17.1. The molecule has 4 saturated carbocycles. The van der Waals surface area contributed by atoms with Crippen molar-refractivity contribution in [1.82, 2.24) is 0 Å². The number of rotatable bonds is 3. The van der Waals surface area contributed by atoms with Crippen LogP contribution in [0.5, 0.6) is 0 Å². The molecule has 0 saturated heterocycles. The minimum atomic E-state index is -0.359. The van der Waals surface area contributed by atoms with E-state index in [-0.39, 0.29) is 44.3 Å². The first-order valence-corrected chi connectivity index (χ1v) is 17.9. The van der Waals surface area contributed by atoms with Crippen LogP contribution in [-0.2, 0) is 9.59 Å². The average molecular weight is 606 g/mol. The van der Waals surface area contributed by atoms with Crippen molar-refractivity contribution in [2.24, 2.45) is 50.2 Å². The fourth-order valence-corrected chi connectivity index (χ4v) is 12.1. The van der Waals surface area contributed by atoms with Crippen molar-refractivity contribution in [2.45, 2.75) is 113 Å². The van der Waals surface area contributed by atoms with Gasteiger partial charge < -0.3 is 5.32 Å². The Kier molecular flexibility index (Phi) is 6.99. The topological polar surface area (TPSA) is 46.2 Å². The van der Waals surface area contributed by atoms with Gasteiger partial charge in [-0.05, 0) is 120 Å². The van der Waals surface area contributed by atoms with Gasteiger partial charge in [-0.15, -0.1) is 0 Å². The van der Waals surface area contributed by atoms with Crippen molar-refractivity contribution >= 4 is 17.4 Å². The second-order valence-electron chi connectivity index (χ2n) is 17.9. The number of amides is 1. The van der Waals surface area contributed by atoms with E-state index in [1.165, 1.54) is 17.5 Å². The monoisotopic (exact) mass is 605 g/mol. The molecule has 0 aromatic heterocycles. The Morgan fingerprint density at radius 2 is 1.42 bits per heavy atom. The lowest BCUT2D eigenvalue weighted by atomic mass is 9.33. The number of hydrogen-bond donors (Lipinski definition) is 1. The van der Waals surface area contributed by atoms with E-state index in [2.05, 4.69) is 108 Å². The van der Waals surface area contributed by atoms with Crippen molar-refractivity contribution in [1.29, 1.82) is 0 Å². The maximum atomic E-state index is 14.6. The minimum Gasteiger partial charge on any atom is -0.326 e. The zero-order valence-corrected chi connectivity index (χ0v) is 28.9. The van der Waals surface area contributed by atoms with Crippen molar-refractivity contribution in [3.05, 3.63) is 66.2 Å². The molecule has 1 amide bonds. The molecule has 45 heavy (non-hydrogen) atoms. The van der Waals surface area contributed by atoms with Crippen molar-refractivity contribution in [3.63, 3.8) is 0 Å². The molecule has 0 radical (unpaired) electrons. The van der Waals surface area contributed by atoms with E-state index >= 15 is 0 Å². The highest BCUT2D eigenvalue weighted by Crippen LogP contribution is 2.75. The maximum absolute atomic E-state index is 14.6. The second kappa shape index (κ2) is 10.2. The fraction of sp³-hybridized carbons (Fsp3) is 0.619. The van der Waals surface area contributed by atoms with Crippen LogP contribution in [0.4, 0.5) is 5.69 Å². The molecule has 0 unspecified atom stereocenters. The Hall–Kier alpha value is -2.68. The van der Waals surface area contributed by atoms with Gasteiger partial charge in [0, 0.05) is 17.5 Å². The second-order valence-corrected chi connectivity index (χ2v) is 17.9. The van der Waals surface area contributed by atoms with Gasteiger partial charge in [0.2, 0.25) is 5.91 Å². The third-order valence-corrected chi connectivity index (χ3v) is 15.1. The smallest absolute Gasteiger partial charge is 0.231 e. The van der Waals surface area contributed by atoms with E-state index in [0.717, 1.165) is 63.5 Å². The number of hydrogen-bond acceptors (Lipinski definition) is 2. The molecule has 7 atom stereocenters. The van der Waals surface area contributed by atoms with Crippen LogP contribution < -0.4 is 5.32 Å². The Bertz CT molecular complexity index is 1530. The summed E-state index contributed by atoms with van der Waals surface area (Å²) in [7, 11) is 0. The van der Waals surface area contributed by atoms with Crippen LogP contribution in [0.15, 0.2) is 66.2 Å². The number of nitrogens with one attached hydrogen (secondary N) is 1. The number of Topliss-reactive ketones (excluding diaryl/α,β-unsaturated/α-hetero) is 1. The standard InChI is InChI=1S/C42H55NO2/c1-37(2)23-25-42(36(45)43-30-15-13-29(14-16-30)28-11-9-8-10-12-28)26-24-40(6)31(32(42)27-37)17-18-34-39(5)21-20-35(44)38(3,4)33(39)19-22-41(34,40)7/h8-17,32-34H,18-27H2,1-7H3,(H,43,45)/t32-,33-,34+,39-,40+,41+,42-/m0/s1. The van der Waals surface area contributed by atoms with Gasteiger partial charge in [0.1, 0.15) is 5.78 Å². The Morgan fingerprint density at radius 1 is 0.756 bits per heavy atom. The van der Waals surface area contributed by atoms with Gasteiger partial charge >= 0.3 is 0 Å². The summed E-state index contributed by atoms with van der Waals surface area (Å²) in [4.78, 5) is 27.7. The van der Waals surface area contributed by atoms with Crippen molar-refractivity contribution < 1.29 is 9.59 Å². The van der Waals surface area contributed by atoms with Crippen LogP contribution in [0.2, 0.25) is 0 Å². The highest BCUT2D eigenvalue weighted by atomic mass is 16.2. The normalized spacial score (nSPS) is 39.8. The van der Waals surface area contributed by atoms with E-state index in [4.69, 9.17) is 0 Å². The van der Waals surface area contributed by atoms with Gasteiger partial charge in [-0.25, -0.2) is 0 Å². The van der Waals surface area contributed by atoms with E-state index in [1.807, 2.05) is 6.07 Å². The number of carbonyl (C=O) groups is 2. The SMILES string of the molecule is CC1(C)CC[C@]2(C(=O)Nc3ccc(-c4ccccc4)cc3)CC[C@]3(C)C(=CC[C@@H]4[C@@]5(C)CCC(=O)C(C)(C)[C@@H]5CC[C@]43C)[C@@H]2C1. The van der Waals surface area contributed by atoms with Gasteiger partial charge in [0.25, 0.3) is 0 Å². The summed E-state index contributed by atoms with van der Waals surface area (Å²) in [5, 5.41) is 3.44. The van der Waals surface area contributed by atoms with Gasteiger partial charge in [-0.3, -0.25) is 9.59 Å². The molecule has 240 valence electrons. The molecule has 0 spiro atoms. The number of ketones is 1. The number of anilines is 1. The molecule has 7 rings (SSSR count). The molecule has 0 heterocycles. The maximum Gasteiger partial charge on any atom is 0.231 e. The summed E-state index contributed by atoms with van der Waals surface area (Å²) < 4.78 is 0. The molecule has 2 aromatic rings. The first-order chi connectivity index (χ1) is 21.2. The predicted molar refractivity (Wildman–Crippen MR) is 185 cm³/mol. The number of carbonyl (C=O) groups excluding carboxylic acids is 2. The Labute approximate surface area is 272 Å². The van der Waals surface area contributed by atoms with E-state index < -0.39 is 0 Å². The molecule has 0 aliphatic heterocycles. The van der Waals surface area contributed by atoms with Crippen LogP contribution >= 0.6 is 0 Å². The number of benzene rings is 2. The molecule has 2 aromatic carbocycles. The lowest BCUT2D eigenvalue weighted by molar-refractivity contribution is -0.185. The Morgan fingerprint density at radius 3 is 2.13 bits per heavy atom. The average Bonchev–Trinajstić information content (AvgIpc) is 3.00. The molecule has 4 fully saturated rings. The predicted octanol–water partition coefficient (Wildman–Crippen LogP) is 10.7. The van der Waals surface area contributed by atoms with Crippen molar-refractivity contribution in [2.75, 3.05) is 5.32 Å². The van der Waals surface area contributed by atoms with Gasteiger partial charge in [0.15, 0.2) is 0 Å². The first kappa shape index (κ1) is 30.9. The highest BCUT2D eigenvalue weighted by Gasteiger charge is 2.69. The number of allylic oxidation sites excluding steroid dienone is 2. The van der Waals surface area contributed by atoms with Crippen LogP contribution in [0, 0.1) is 50.2 Å². The van der Waals surface area contributed by atoms with Crippen LogP contribution in [0.3, 0.4) is 0 Å². The molecule has 1 N–H and O–H groups in total. The third kappa shape index (κ3) is 4.41. The summed E-state index contributed by atoms with van der Waals surface area (Å²) in [6, 6.07) is 18.8. The summed E-state index contributed by atoms with van der Waals surface area (Å²) in [5.74, 6) is 2.01. The molecule has 5 aliphatic carbocycles. The third-order valence-electron chi connectivity index (χ3n) is 15.1.